The molecule has 0 bridgehead atoms. The number of ether oxygens (including phenoxy) is 1. The van der Waals surface area contributed by atoms with Gasteiger partial charge in [-0.1, -0.05) is 19.3 Å². The van der Waals surface area contributed by atoms with E-state index in [9.17, 15) is 4.79 Å². The number of hydrogen-bond acceptors (Lipinski definition) is 3. The fourth-order valence-electron chi connectivity index (χ4n) is 3.65. The number of aromatic nitrogens is 2. The normalized spacial score (nSPS) is 20.9. The summed E-state index contributed by atoms with van der Waals surface area (Å²) in [6.07, 6.45) is 9.07. The number of hydrogen-bond donors (Lipinski definition) is 1. The minimum Gasteiger partial charge on any atom is -0.370 e. The molecule has 1 unspecified atom stereocenters. The Bertz CT molecular complexity index is 518. The van der Waals surface area contributed by atoms with E-state index < -0.39 is 0 Å². The first kappa shape index (κ1) is 13.8. The van der Waals surface area contributed by atoms with E-state index in [0.29, 0.717) is 12.5 Å². The molecule has 4 heteroatoms. The van der Waals surface area contributed by atoms with Crippen molar-refractivity contribution < 1.29 is 4.74 Å². The molecule has 1 atom stereocenters. The summed E-state index contributed by atoms with van der Waals surface area (Å²) >= 11 is 0. The molecule has 1 aromatic heterocycles. The second kappa shape index (κ2) is 6.08. The van der Waals surface area contributed by atoms with Gasteiger partial charge in [-0.05, 0) is 44.9 Å². The van der Waals surface area contributed by atoms with Gasteiger partial charge < -0.3 is 9.72 Å². The molecule has 0 saturated heterocycles. The van der Waals surface area contributed by atoms with Gasteiger partial charge >= 0.3 is 0 Å². The van der Waals surface area contributed by atoms with Crippen LogP contribution in [0.4, 0.5) is 0 Å². The van der Waals surface area contributed by atoms with Crippen molar-refractivity contribution >= 4 is 0 Å². The topological polar surface area (TPSA) is 55.0 Å². The van der Waals surface area contributed by atoms with Crippen LogP contribution in [0.3, 0.4) is 0 Å². The summed E-state index contributed by atoms with van der Waals surface area (Å²) < 4.78 is 5.95. The second-order valence-corrected chi connectivity index (χ2v) is 6.00. The third-order valence-corrected chi connectivity index (χ3v) is 4.65. The van der Waals surface area contributed by atoms with Crippen LogP contribution in [-0.4, -0.2) is 16.6 Å². The van der Waals surface area contributed by atoms with Gasteiger partial charge in [0.05, 0.1) is 5.69 Å². The van der Waals surface area contributed by atoms with Gasteiger partial charge in [0.25, 0.3) is 5.56 Å². The monoisotopic (exact) mass is 276 g/mol. The molecule has 0 amide bonds. The lowest BCUT2D eigenvalue weighted by molar-refractivity contribution is -0.000471. The van der Waals surface area contributed by atoms with Crippen molar-refractivity contribution in [3.63, 3.8) is 0 Å². The predicted octanol–water partition coefficient (Wildman–Crippen LogP) is 2.92. The van der Waals surface area contributed by atoms with Gasteiger partial charge in [-0.3, -0.25) is 4.79 Å². The Morgan fingerprint density at radius 2 is 2.05 bits per heavy atom. The van der Waals surface area contributed by atoms with E-state index in [2.05, 4.69) is 4.98 Å². The number of nitrogens with one attached hydrogen (secondary N) is 1. The second-order valence-electron chi connectivity index (χ2n) is 6.00. The van der Waals surface area contributed by atoms with Crippen molar-refractivity contribution in [2.75, 3.05) is 6.61 Å². The van der Waals surface area contributed by atoms with Gasteiger partial charge in [-0.15, -0.1) is 0 Å². The van der Waals surface area contributed by atoms with E-state index >= 15 is 0 Å². The zero-order valence-electron chi connectivity index (χ0n) is 12.3. The van der Waals surface area contributed by atoms with Crippen molar-refractivity contribution in [1.29, 1.82) is 0 Å². The highest BCUT2D eigenvalue weighted by Gasteiger charge is 2.29. The van der Waals surface area contributed by atoms with E-state index in [4.69, 9.17) is 9.72 Å². The van der Waals surface area contributed by atoms with Crippen molar-refractivity contribution in [2.24, 2.45) is 5.92 Å². The first-order chi connectivity index (χ1) is 9.79. The van der Waals surface area contributed by atoms with E-state index in [1.165, 1.54) is 32.1 Å². The maximum atomic E-state index is 12.2. The molecular formula is C16H24N2O2. The average molecular weight is 276 g/mol. The summed E-state index contributed by atoms with van der Waals surface area (Å²) in [5.41, 5.74) is 1.96. The highest BCUT2D eigenvalue weighted by atomic mass is 16.5. The van der Waals surface area contributed by atoms with E-state index in [1.807, 2.05) is 6.92 Å². The quantitative estimate of drug-likeness (QED) is 0.920. The van der Waals surface area contributed by atoms with Crippen molar-refractivity contribution in [2.45, 2.75) is 64.4 Å². The molecule has 0 aromatic carbocycles. The molecule has 3 rings (SSSR count). The third-order valence-electron chi connectivity index (χ3n) is 4.65. The van der Waals surface area contributed by atoms with Crippen LogP contribution in [0.15, 0.2) is 4.79 Å². The summed E-state index contributed by atoms with van der Waals surface area (Å²) in [7, 11) is 0. The summed E-state index contributed by atoms with van der Waals surface area (Å²) in [5, 5.41) is 0. The highest BCUT2D eigenvalue weighted by molar-refractivity contribution is 5.23. The smallest absolute Gasteiger partial charge is 0.254 e. The van der Waals surface area contributed by atoms with Gasteiger partial charge in [0.2, 0.25) is 0 Å². The number of aromatic amines is 1. The SMILES string of the molecule is CCOC(c1nc2c(c(=O)[nH]1)CCC2)C1CCCCC1. The van der Waals surface area contributed by atoms with Crippen LogP contribution >= 0.6 is 0 Å². The number of fused-ring (bicyclic) bond motifs is 1. The third kappa shape index (κ3) is 2.66. The molecule has 110 valence electrons. The first-order valence-electron chi connectivity index (χ1n) is 8.03. The van der Waals surface area contributed by atoms with Crippen LogP contribution in [0, 0.1) is 5.92 Å². The minimum atomic E-state index is -0.0288. The molecule has 0 aliphatic heterocycles. The van der Waals surface area contributed by atoms with E-state index in [1.54, 1.807) is 0 Å². The van der Waals surface area contributed by atoms with Gasteiger partial charge in [0, 0.05) is 12.2 Å². The van der Waals surface area contributed by atoms with Gasteiger partial charge in [-0.25, -0.2) is 4.98 Å². The van der Waals surface area contributed by atoms with Crippen molar-refractivity contribution in [3.05, 3.63) is 27.4 Å². The maximum Gasteiger partial charge on any atom is 0.254 e. The molecule has 0 spiro atoms. The molecule has 4 nitrogen and oxygen atoms in total. The summed E-state index contributed by atoms with van der Waals surface area (Å²) in [6, 6.07) is 0. The standard InChI is InChI=1S/C16H24N2O2/c1-2-20-14(11-7-4-3-5-8-11)15-17-13-10-6-9-12(13)16(19)18-15/h11,14H,2-10H2,1H3,(H,17,18,19). The predicted molar refractivity (Wildman–Crippen MR) is 77.8 cm³/mol. The number of rotatable bonds is 4. The first-order valence-corrected chi connectivity index (χ1v) is 8.03. The number of nitrogens with zero attached hydrogens (tertiary/aromatic N) is 1. The Labute approximate surface area is 120 Å². The Balaban J connectivity index is 1.90. The molecule has 1 heterocycles. The van der Waals surface area contributed by atoms with Crippen LogP contribution in [0.1, 0.15) is 68.6 Å². The van der Waals surface area contributed by atoms with Crippen LogP contribution in [0.25, 0.3) is 0 Å². The highest BCUT2D eigenvalue weighted by Crippen LogP contribution is 2.35. The minimum absolute atomic E-state index is 0.0288. The summed E-state index contributed by atoms with van der Waals surface area (Å²) in [5.74, 6) is 1.27. The van der Waals surface area contributed by atoms with Crippen LogP contribution in [0.2, 0.25) is 0 Å². The van der Waals surface area contributed by atoms with E-state index in [-0.39, 0.29) is 11.7 Å². The maximum absolute atomic E-state index is 12.2. The lowest BCUT2D eigenvalue weighted by Crippen LogP contribution is -2.26. The van der Waals surface area contributed by atoms with Crippen molar-refractivity contribution in [3.8, 4) is 0 Å². The van der Waals surface area contributed by atoms with E-state index in [0.717, 1.165) is 36.3 Å². The average Bonchev–Trinajstić information content (AvgIpc) is 2.94. The Kier molecular flexibility index (Phi) is 4.20. The zero-order chi connectivity index (χ0) is 13.9. The molecule has 20 heavy (non-hydrogen) atoms. The van der Waals surface area contributed by atoms with Gasteiger partial charge in [0.15, 0.2) is 0 Å². The number of H-pyrrole nitrogens is 1. The molecule has 2 aliphatic rings. The van der Waals surface area contributed by atoms with Crippen LogP contribution in [0.5, 0.6) is 0 Å². The Morgan fingerprint density at radius 1 is 1.25 bits per heavy atom. The fraction of sp³-hybridized carbons (Fsp3) is 0.750. The summed E-state index contributed by atoms with van der Waals surface area (Å²) in [6.45, 7) is 2.68. The molecule has 1 aromatic rings. The van der Waals surface area contributed by atoms with Gasteiger partial charge in [0.1, 0.15) is 11.9 Å². The largest absolute Gasteiger partial charge is 0.370 e. The molecule has 1 saturated carbocycles. The van der Waals surface area contributed by atoms with Gasteiger partial charge in [-0.2, -0.15) is 0 Å². The van der Waals surface area contributed by atoms with Crippen molar-refractivity contribution in [1.82, 2.24) is 9.97 Å². The van der Waals surface area contributed by atoms with Crippen LogP contribution < -0.4 is 5.56 Å². The number of aryl methyl sites for hydroxylation is 1. The summed E-state index contributed by atoms with van der Waals surface area (Å²) in [4.78, 5) is 19.9. The molecular weight excluding hydrogens is 252 g/mol. The lowest BCUT2D eigenvalue weighted by Gasteiger charge is -2.29. The molecule has 2 aliphatic carbocycles. The molecule has 1 N–H and O–H groups in total. The fourth-order valence-corrected chi connectivity index (χ4v) is 3.65. The molecule has 1 fully saturated rings. The molecule has 0 radical (unpaired) electrons. The zero-order valence-corrected chi connectivity index (χ0v) is 12.3. The lowest BCUT2D eigenvalue weighted by atomic mass is 9.85. The Morgan fingerprint density at radius 3 is 2.80 bits per heavy atom. The Hall–Kier alpha value is -1.16. The van der Waals surface area contributed by atoms with Crippen LogP contribution in [-0.2, 0) is 17.6 Å².